The summed E-state index contributed by atoms with van der Waals surface area (Å²) in [6.45, 7) is 1.19. The summed E-state index contributed by atoms with van der Waals surface area (Å²) in [6.07, 6.45) is 0.280. The van der Waals surface area contributed by atoms with Crippen LogP contribution in [0.1, 0.15) is 24.0 Å². The minimum atomic E-state index is -4.55. The molecule has 0 radical (unpaired) electrons. The lowest BCUT2D eigenvalue weighted by atomic mass is 10.1. The summed E-state index contributed by atoms with van der Waals surface area (Å²) in [4.78, 5) is 18.2. The Hall–Kier alpha value is -2.61. The summed E-state index contributed by atoms with van der Waals surface area (Å²) < 4.78 is 45.1. The van der Waals surface area contributed by atoms with Crippen molar-refractivity contribution in [3.8, 4) is 0 Å². The maximum absolute atomic E-state index is 13.2. The minimum absolute atomic E-state index is 0.115. The van der Waals surface area contributed by atoms with E-state index < -0.39 is 17.8 Å². The average molecular weight is 379 g/mol. The highest BCUT2D eigenvalue weighted by atomic mass is 19.4. The number of halogens is 3. The Morgan fingerprint density at radius 2 is 1.96 bits per heavy atom. The van der Waals surface area contributed by atoms with Gasteiger partial charge in [0.2, 0.25) is 0 Å². The Bertz CT molecular complexity index is 762. The molecule has 2 amide bonds. The summed E-state index contributed by atoms with van der Waals surface area (Å²) >= 11 is 0. The highest BCUT2D eigenvalue weighted by Gasteiger charge is 2.34. The summed E-state index contributed by atoms with van der Waals surface area (Å²) in [7, 11) is 0. The number of benzene rings is 1. The van der Waals surface area contributed by atoms with Crippen LogP contribution in [0.25, 0.3) is 0 Å². The van der Waals surface area contributed by atoms with E-state index in [9.17, 15) is 18.0 Å². The fraction of sp³-hybridized carbons (Fsp3) is 0.368. The first kappa shape index (κ1) is 19.2. The third-order valence-corrected chi connectivity index (χ3v) is 4.33. The van der Waals surface area contributed by atoms with Gasteiger partial charge in [0, 0.05) is 32.1 Å². The second kappa shape index (κ2) is 8.39. The molecular weight excluding hydrogens is 359 g/mol. The van der Waals surface area contributed by atoms with Crippen molar-refractivity contribution in [1.82, 2.24) is 9.88 Å². The number of ether oxygens (including phenoxy) is 1. The van der Waals surface area contributed by atoms with Crippen molar-refractivity contribution in [3.63, 3.8) is 0 Å². The molecule has 1 aliphatic rings. The first-order chi connectivity index (χ1) is 12.9. The number of urea groups is 1. The van der Waals surface area contributed by atoms with Gasteiger partial charge in [-0.15, -0.1) is 0 Å². The topological polar surface area (TPSA) is 54.5 Å². The Labute approximate surface area is 155 Å². The Morgan fingerprint density at radius 1 is 1.22 bits per heavy atom. The second-order valence-electron chi connectivity index (χ2n) is 6.34. The molecule has 0 aliphatic carbocycles. The number of nitrogens with one attached hydrogen (secondary N) is 1. The number of para-hydroxylation sites is 1. The van der Waals surface area contributed by atoms with Gasteiger partial charge in [-0.1, -0.05) is 12.1 Å². The van der Waals surface area contributed by atoms with E-state index in [1.807, 2.05) is 0 Å². The molecule has 5 nitrogen and oxygen atoms in total. The van der Waals surface area contributed by atoms with Gasteiger partial charge in [-0.05, 0) is 42.7 Å². The molecule has 0 saturated carbocycles. The van der Waals surface area contributed by atoms with Crippen molar-refractivity contribution in [1.29, 1.82) is 0 Å². The van der Waals surface area contributed by atoms with Crippen molar-refractivity contribution < 1.29 is 22.7 Å². The number of alkyl halides is 3. The number of pyridine rings is 1. The van der Waals surface area contributed by atoms with Gasteiger partial charge in [0.05, 0.1) is 17.4 Å². The van der Waals surface area contributed by atoms with Crippen LogP contribution in [0.4, 0.5) is 23.7 Å². The maximum Gasteiger partial charge on any atom is 0.418 e. The molecule has 1 atom stereocenters. The molecule has 8 heteroatoms. The van der Waals surface area contributed by atoms with Gasteiger partial charge < -0.3 is 15.0 Å². The molecule has 144 valence electrons. The van der Waals surface area contributed by atoms with Gasteiger partial charge in [-0.3, -0.25) is 4.98 Å². The fourth-order valence-electron chi connectivity index (χ4n) is 3.00. The van der Waals surface area contributed by atoms with Crippen LogP contribution in [0.3, 0.4) is 0 Å². The van der Waals surface area contributed by atoms with Crippen LogP contribution in [0.15, 0.2) is 48.8 Å². The lowest BCUT2D eigenvalue weighted by molar-refractivity contribution is -0.136. The fourth-order valence-corrected chi connectivity index (χ4v) is 3.00. The zero-order chi connectivity index (χ0) is 19.3. The number of rotatable bonds is 5. The summed E-state index contributed by atoms with van der Waals surface area (Å²) in [5.41, 5.74) is -0.302. The standard InChI is InChI=1S/C19H20F3N3O2/c20-19(21,22)16-5-1-2-6-17(16)24-18(26)25(13-15-4-3-11-27-15)12-14-7-9-23-10-8-14/h1-2,5-10,15H,3-4,11-13H2,(H,24,26)/t15-/m0/s1. The van der Waals surface area contributed by atoms with Gasteiger partial charge in [0.1, 0.15) is 0 Å². The molecule has 2 aromatic rings. The second-order valence-corrected chi connectivity index (χ2v) is 6.34. The molecule has 1 aromatic heterocycles. The van der Waals surface area contributed by atoms with E-state index in [1.54, 1.807) is 24.5 Å². The summed E-state index contributed by atoms with van der Waals surface area (Å²) in [6, 6.07) is 7.87. The summed E-state index contributed by atoms with van der Waals surface area (Å²) in [5, 5.41) is 2.41. The monoisotopic (exact) mass is 379 g/mol. The highest BCUT2D eigenvalue weighted by molar-refractivity contribution is 5.90. The zero-order valence-electron chi connectivity index (χ0n) is 14.6. The van der Waals surface area contributed by atoms with Crippen molar-refractivity contribution in [3.05, 3.63) is 59.9 Å². The van der Waals surface area contributed by atoms with Crippen LogP contribution in [0, 0.1) is 0 Å². The van der Waals surface area contributed by atoms with Crippen LogP contribution in [0.5, 0.6) is 0 Å². The molecule has 0 spiro atoms. The van der Waals surface area contributed by atoms with E-state index in [4.69, 9.17) is 4.74 Å². The van der Waals surface area contributed by atoms with Gasteiger partial charge in [0.25, 0.3) is 0 Å². The normalized spacial score (nSPS) is 16.9. The molecule has 1 aliphatic heterocycles. The number of hydrogen-bond donors (Lipinski definition) is 1. The van der Waals surface area contributed by atoms with E-state index in [1.165, 1.54) is 23.1 Å². The number of hydrogen-bond acceptors (Lipinski definition) is 3. The predicted octanol–water partition coefficient (Wildman–Crippen LogP) is 4.31. The average Bonchev–Trinajstić information content (AvgIpc) is 3.15. The van der Waals surface area contributed by atoms with Gasteiger partial charge in [-0.25, -0.2) is 4.79 Å². The van der Waals surface area contributed by atoms with Gasteiger partial charge >= 0.3 is 12.2 Å². The number of carbonyl (C=O) groups is 1. The van der Waals surface area contributed by atoms with E-state index in [0.717, 1.165) is 24.5 Å². The van der Waals surface area contributed by atoms with Crippen molar-refractivity contribution in [2.45, 2.75) is 31.7 Å². The molecular formula is C19H20F3N3O2. The van der Waals surface area contributed by atoms with Gasteiger partial charge in [-0.2, -0.15) is 13.2 Å². The van der Waals surface area contributed by atoms with Crippen LogP contribution < -0.4 is 5.32 Å². The van der Waals surface area contributed by atoms with Crippen LogP contribution in [-0.2, 0) is 17.5 Å². The number of carbonyl (C=O) groups excluding carboxylic acids is 1. The Morgan fingerprint density at radius 3 is 2.63 bits per heavy atom. The van der Waals surface area contributed by atoms with Crippen molar-refractivity contribution >= 4 is 11.7 Å². The highest BCUT2D eigenvalue weighted by Crippen LogP contribution is 2.34. The van der Waals surface area contributed by atoms with E-state index in [-0.39, 0.29) is 18.3 Å². The number of amides is 2. The smallest absolute Gasteiger partial charge is 0.376 e. The largest absolute Gasteiger partial charge is 0.418 e. The molecule has 27 heavy (non-hydrogen) atoms. The third-order valence-electron chi connectivity index (χ3n) is 4.33. The Balaban J connectivity index is 1.78. The maximum atomic E-state index is 13.2. The predicted molar refractivity (Wildman–Crippen MR) is 94.1 cm³/mol. The third kappa shape index (κ3) is 5.19. The van der Waals surface area contributed by atoms with Crippen molar-refractivity contribution in [2.75, 3.05) is 18.5 Å². The zero-order valence-corrected chi connectivity index (χ0v) is 14.6. The first-order valence-corrected chi connectivity index (χ1v) is 8.66. The lowest BCUT2D eigenvalue weighted by Gasteiger charge is -2.26. The van der Waals surface area contributed by atoms with Crippen molar-refractivity contribution in [2.24, 2.45) is 0 Å². The van der Waals surface area contributed by atoms with Crippen LogP contribution in [0.2, 0.25) is 0 Å². The molecule has 1 fully saturated rings. The molecule has 2 heterocycles. The number of aromatic nitrogens is 1. The Kier molecular flexibility index (Phi) is 5.95. The molecule has 0 unspecified atom stereocenters. The SMILES string of the molecule is O=C(Nc1ccccc1C(F)(F)F)N(Cc1ccncc1)C[C@@H]1CCCO1. The summed E-state index contributed by atoms with van der Waals surface area (Å²) in [5.74, 6) is 0. The van der Waals surface area contributed by atoms with Crippen LogP contribution >= 0.6 is 0 Å². The molecule has 1 aromatic carbocycles. The molecule has 1 N–H and O–H groups in total. The van der Waals surface area contributed by atoms with E-state index in [0.29, 0.717) is 13.2 Å². The lowest BCUT2D eigenvalue weighted by Crippen LogP contribution is -2.40. The number of nitrogens with zero attached hydrogens (tertiary/aromatic N) is 2. The minimum Gasteiger partial charge on any atom is -0.376 e. The quantitative estimate of drug-likeness (QED) is 0.842. The molecule has 3 rings (SSSR count). The van der Waals surface area contributed by atoms with Crippen LogP contribution in [-0.4, -0.2) is 35.2 Å². The van der Waals surface area contributed by atoms with E-state index in [2.05, 4.69) is 10.3 Å². The van der Waals surface area contributed by atoms with Gasteiger partial charge in [0.15, 0.2) is 0 Å². The first-order valence-electron chi connectivity index (χ1n) is 8.66. The number of anilines is 1. The molecule has 1 saturated heterocycles. The molecule has 0 bridgehead atoms. The van der Waals surface area contributed by atoms with E-state index >= 15 is 0 Å².